The van der Waals surface area contributed by atoms with E-state index in [1.54, 1.807) is 12.1 Å². The van der Waals surface area contributed by atoms with Gasteiger partial charge in [-0.3, -0.25) is 0 Å². The summed E-state index contributed by atoms with van der Waals surface area (Å²) < 4.78 is 0. The smallest absolute Gasteiger partial charge is 0.0864 e. The molecule has 0 amide bonds. The quantitative estimate of drug-likeness (QED) is 0.687. The van der Waals surface area contributed by atoms with Gasteiger partial charge < -0.3 is 15.3 Å². The van der Waals surface area contributed by atoms with E-state index >= 15 is 0 Å². The van der Waals surface area contributed by atoms with Crippen LogP contribution in [-0.2, 0) is 6.61 Å². The van der Waals surface area contributed by atoms with Crippen LogP contribution in [0.2, 0.25) is 5.02 Å². The van der Waals surface area contributed by atoms with Crippen LogP contribution in [0.15, 0.2) is 23.1 Å². The number of aliphatic hydroxyl groups excluding tert-OH is 3. The highest BCUT2D eigenvalue weighted by Gasteiger charge is 2.05. The molecule has 0 aliphatic rings. The zero-order chi connectivity index (χ0) is 11.3. The summed E-state index contributed by atoms with van der Waals surface area (Å²) in [6, 6.07) is 5.31. The summed E-state index contributed by atoms with van der Waals surface area (Å²) in [5.74, 6) is 0.422. The predicted molar refractivity (Wildman–Crippen MR) is 61.2 cm³/mol. The Kier molecular flexibility index (Phi) is 5.42. The van der Waals surface area contributed by atoms with Crippen LogP contribution in [0.4, 0.5) is 0 Å². The Hall–Kier alpha value is -0.260. The van der Waals surface area contributed by atoms with E-state index in [2.05, 4.69) is 0 Å². The van der Waals surface area contributed by atoms with E-state index in [0.29, 0.717) is 16.3 Å². The Morgan fingerprint density at radius 2 is 2.07 bits per heavy atom. The minimum absolute atomic E-state index is 0.0803. The number of benzene rings is 1. The fourth-order valence-electron chi connectivity index (χ4n) is 0.991. The molecule has 15 heavy (non-hydrogen) atoms. The van der Waals surface area contributed by atoms with Crippen LogP contribution in [0, 0.1) is 0 Å². The zero-order valence-electron chi connectivity index (χ0n) is 8.06. The van der Waals surface area contributed by atoms with Gasteiger partial charge in [0.25, 0.3) is 0 Å². The Balaban J connectivity index is 2.59. The van der Waals surface area contributed by atoms with Crippen LogP contribution in [0.5, 0.6) is 0 Å². The van der Waals surface area contributed by atoms with Crippen LogP contribution in [-0.4, -0.2) is 33.8 Å². The first-order valence-corrected chi connectivity index (χ1v) is 5.84. The second-order valence-corrected chi connectivity index (χ2v) is 4.56. The molecule has 0 bridgehead atoms. The molecule has 1 aromatic rings. The summed E-state index contributed by atoms with van der Waals surface area (Å²) >= 11 is 7.30. The lowest BCUT2D eigenvalue weighted by Crippen LogP contribution is -2.14. The summed E-state index contributed by atoms with van der Waals surface area (Å²) in [4.78, 5) is 0.907. The number of rotatable bonds is 5. The van der Waals surface area contributed by atoms with Crippen molar-refractivity contribution in [3.8, 4) is 0 Å². The van der Waals surface area contributed by atoms with E-state index in [-0.39, 0.29) is 13.2 Å². The van der Waals surface area contributed by atoms with Crippen LogP contribution in [0.25, 0.3) is 0 Å². The molecule has 0 fully saturated rings. The lowest BCUT2D eigenvalue weighted by atomic mass is 10.2. The van der Waals surface area contributed by atoms with Gasteiger partial charge in [-0.2, -0.15) is 0 Å². The first kappa shape index (κ1) is 12.8. The maximum Gasteiger partial charge on any atom is 0.0864 e. The van der Waals surface area contributed by atoms with Gasteiger partial charge in [0, 0.05) is 15.7 Å². The van der Waals surface area contributed by atoms with Crippen molar-refractivity contribution in [2.45, 2.75) is 17.6 Å². The summed E-state index contributed by atoms with van der Waals surface area (Å²) in [5, 5.41) is 27.2. The summed E-state index contributed by atoms with van der Waals surface area (Å²) in [6.07, 6.45) is -0.716. The molecular formula is C10H13ClO3S. The second-order valence-electron chi connectivity index (χ2n) is 3.06. The number of hydrogen-bond donors (Lipinski definition) is 3. The molecular weight excluding hydrogens is 236 g/mol. The van der Waals surface area contributed by atoms with Crippen molar-refractivity contribution in [1.29, 1.82) is 0 Å². The Morgan fingerprint density at radius 3 is 2.60 bits per heavy atom. The third-order valence-electron chi connectivity index (χ3n) is 1.85. The van der Waals surface area contributed by atoms with Crippen molar-refractivity contribution >= 4 is 23.4 Å². The van der Waals surface area contributed by atoms with E-state index in [0.717, 1.165) is 4.90 Å². The average molecular weight is 249 g/mol. The SMILES string of the molecule is OCc1ccc(SCC(O)CO)cc1Cl. The number of halogens is 1. The van der Waals surface area contributed by atoms with E-state index in [1.165, 1.54) is 11.8 Å². The molecule has 1 aromatic carbocycles. The predicted octanol–water partition coefficient (Wildman–Crippen LogP) is 1.28. The summed E-state index contributed by atoms with van der Waals surface area (Å²) in [6.45, 7) is -0.321. The normalized spacial score (nSPS) is 12.8. The minimum Gasteiger partial charge on any atom is -0.394 e. The van der Waals surface area contributed by atoms with Gasteiger partial charge in [0.15, 0.2) is 0 Å². The molecule has 1 atom stereocenters. The molecule has 3 nitrogen and oxygen atoms in total. The lowest BCUT2D eigenvalue weighted by molar-refractivity contribution is 0.113. The van der Waals surface area contributed by atoms with Crippen LogP contribution in [0.1, 0.15) is 5.56 Å². The van der Waals surface area contributed by atoms with Crippen molar-refractivity contribution < 1.29 is 15.3 Å². The van der Waals surface area contributed by atoms with Gasteiger partial charge in [-0.05, 0) is 17.7 Å². The molecule has 84 valence electrons. The van der Waals surface area contributed by atoms with Crippen molar-refractivity contribution in [3.63, 3.8) is 0 Å². The first-order chi connectivity index (χ1) is 7.17. The number of thioether (sulfide) groups is 1. The van der Waals surface area contributed by atoms with E-state index in [1.807, 2.05) is 6.07 Å². The topological polar surface area (TPSA) is 60.7 Å². The lowest BCUT2D eigenvalue weighted by Gasteiger charge is -2.07. The van der Waals surface area contributed by atoms with Gasteiger partial charge in [-0.15, -0.1) is 11.8 Å². The molecule has 0 aliphatic heterocycles. The molecule has 0 aliphatic carbocycles. The fraction of sp³-hybridized carbons (Fsp3) is 0.400. The van der Waals surface area contributed by atoms with Gasteiger partial charge >= 0.3 is 0 Å². The molecule has 0 saturated carbocycles. The molecule has 0 aromatic heterocycles. The largest absolute Gasteiger partial charge is 0.394 e. The second kappa shape index (κ2) is 6.35. The van der Waals surface area contributed by atoms with Gasteiger partial charge in [0.05, 0.1) is 19.3 Å². The Labute approximate surface area is 97.7 Å². The molecule has 1 unspecified atom stereocenters. The minimum atomic E-state index is -0.716. The van der Waals surface area contributed by atoms with Crippen LogP contribution < -0.4 is 0 Å². The van der Waals surface area contributed by atoms with E-state index in [4.69, 9.17) is 26.9 Å². The number of aliphatic hydroxyl groups is 3. The number of hydrogen-bond acceptors (Lipinski definition) is 4. The van der Waals surface area contributed by atoms with Crippen molar-refractivity contribution in [3.05, 3.63) is 28.8 Å². The van der Waals surface area contributed by atoms with Crippen LogP contribution in [0.3, 0.4) is 0 Å². The van der Waals surface area contributed by atoms with Gasteiger partial charge in [-0.1, -0.05) is 17.7 Å². The molecule has 0 heterocycles. The first-order valence-electron chi connectivity index (χ1n) is 4.48. The van der Waals surface area contributed by atoms with Gasteiger partial charge in [-0.25, -0.2) is 0 Å². The highest BCUT2D eigenvalue weighted by atomic mass is 35.5. The average Bonchev–Trinajstić information content (AvgIpc) is 2.26. The molecule has 5 heteroatoms. The molecule has 0 saturated heterocycles. The highest BCUT2D eigenvalue weighted by molar-refractivity contribution is 7.99. The third kappa shape index (κ3) is 4.01. The van der Waals surface area contributed by atoms with Crippen molar-refractivity contribution in [1.82, 2.24) is 0 Å². The van der Waals surface area contributed by atoms with Gasteiger partial charge in [0.1, 0.15) is 0 Å². The van der Waals surface area contributed by atoms with Crippen LogP contribution >= 0.6 is 23.4 Å². The fourth-order valence-corrected chi connectivity index (χ4v) is 2.15. The maximum absolute atomic E-state index is 9.15. The van der Waals surface area contributed by atoms with Gasteiger partial charge in [0.2, 0.25) is 0 Å². The van der Waals surface area contributed by atoms with E-state index in [9.17, 15) is 0 Å². The molecule has 0 spiro atoms. The van der Waals surface area contributed by atoms with E-state index < -0.39 is 6.10 Å². The van der Waals surface area contributed by atoms with Crippen molar-refractivity contribution in [2.24, 2.45) is 0 Å². The highest BCUT2D eigenvalue weighted by Crippen LogP contribution is 2.25. The molecule has 3 N–H and O–H groups in total. The third-order valence-corrected chi connectivity index (χ3v) is 3.34. The molecule has 0 radical (unpaired) electrons. The molecule has 1 rings (SSSR count). The summed E-state index contributed by atoms with van der Waals surface area (Å²) in [7, 11) is 0. The Bertz CT molecular complexity index is 320. The monoisotopic (exact) mass is 248 g/mol. The zero-order valence-corrected chi connectivity index (χ0v) is 9.63. The summed E-state index contributed by atoms with van der Waals surface area (Å²) in [5.41, 5.74) is 0.684. The Morgan fingerprint density at radius 1 is 1.33 bits per heavy atom. The maximum atomic E-state index is 9.15. The van der Waals surface area contributed by atoms with Crippen molar-refractivity contribution in [2.75, 3.05) is 12.4 Å². The standard InChI is InChI=1S/C10H13ClO3S/c11-10-3-9(2-1-7(10)4-12)15-6-8(14)5-13/h1-3,8,12-14H,4-6H2.